The fraction of sp³-hybridized carbons (Fsp3) is 0.238. The van der Waals surface area contributed by atoms with Gasteiger partial charge in [-0.25, -0.2) is 18.8 Å². The number of rotatable bonds is 7. The fourth-order valence-electron chi connectivity index (χ4n) is 2.67. The van der Waals surface area contributed by atoms with Gasteiger partial charge in [-0.3, -0.25) is 0 Å². The Balaban J connectivity index is 1.59. The van der Waals surface area contributed by atoms with Gasteiger partial charge < -0.3 is 15.1 Å². The Bertz CT molecular complexity index is 905. The van der Waals surface area contributed by atoms with Gasteiger partial charge >= 0.3 is 0 Å². The van der Waals surface area contributed by atoms with Crippen molar-refractivity contribution >= 4 is 5.96 Å². The summed E-state index contributed by atoms with van der Waals surface area (Å²) in [6, 6.07) is 13.5. The van der Waals surface area contributed by atoms with Crippen LogP contribution in [0.2, 0.25) is 0 Å². The molecule has 5 nitrogen and oxygen atoms in total. The predicted molar refractivity (Wildman–Crippen MR) is 105 cm³/mol. The summed E-state index contributed by atoms with van der Waals surface area (Å²) in [7, 11) is 0. The summed E-state index contributed by atoms with van der Waals surface area (Å²) in [4.78, 5) is 8.89. The Morgan fingerprint density at radius 1 is 1.04 bits per heavy atom. The summed E-state index contributed by atoms with van der Waals surface area (Å²) in [5.74, 6) is 0.00172. The number of aromatic nitrogens is 1. The van der Waals surface area contributed by atoms with Crippen molar-refractivity contribution in [2.24, 2.45) is 4.99 Å². The van der Waals surface area contributed by atoms with Crippen LogP contribution in [0, 0.1) is 11.6 Å². The van der Waals surface area contributed by atoms with E-state index < -0.39 is 11.6 Å². The smallest absolute Gasteiger partial charge is 0.226 e. The Labute approximate surface area is 162 Å². The van der Waals surface area contributed by atoms with E-state index in [9.17, 15) is 8.78 Å². The SMILES string of the molecule is CCNC(=NCc1coc(-c2ccccc2)n1)NCCc1c(F)cccc1F. The molecule has 0 aliphatic rings. The zero-order valence-corrected chi connectivity index (χ0v) is 15.6. The third kappa shape index (κ3) is 5.16. The summed E-state index contributed by atoms with van der Waals surface area (Å²) < 4.78 is 32.9. The highest BCUT2D eigenvalue weighted by Gasteiger charge is 2.09. The zero-order valence-electron chi connectivity index (χ0n) is 15.6. The average molecular weight is 384 g/mol. The Morgan fingerprint density at radius 3 is 2.50 bits per heavy atom. The lowest BCUT2D eigenvalue weighted by Gasteiger charge is -2.11. The molecule has 146 valence electrons. The molecule has 0 spiro atoms. The van der Waals surface area contributed by atoms with Gasteiger partial charge in [-0.2, -0.15) is 0 Å². The second-order valence-electron chi connectivity index (χ2n) is 6.08. The van der Waals surface area contributed by atoms with Gasteiger partial charge in [-0.05, 0) is 37.6 Å². The second kappa shape index (κ2) is 9.64. The van der Waals surface area contributed by atoms with Crippen molar-refractivity contribution in [1.29, 1.82) is 0 Å². The molecule has 3 rings (SSSR count). The molecule has 0 saturated carbocycles. The molecule has 0 unspecified atom stereocenters. The summed E-state index contributed by atoms with van der Waals surface area (Å²) >= 11 is 0. The van der Waals surface area contributed by atoms with Crippen LogP contribution in [0.15, 0.2) is 64.2 Å². The first-order valence-electron chi connectivity index (χ1n) is 9.12. The number of nitrogens with zero attached hydrogens (tertiary/aromatic N) is 2. The van der Waals surface area contributed by atoms with E-state index in [0.717, 1.165) is 5.56 Å². The van der Waals surface area contributed by atoms with Crippen LogP contribution in [-0.2, 0) is 13.0 Å². The van der Waals surface area contributed by atoms with Gasteiger partial charge in [0.2, 0.25) is 5.89 Å². The number of oxazole rings is 1. The highest BCUT2D eigenvalue weighted by molar-refractivity contribution is 5.79. The number of guanidine groups is 1. The minimum atomic E-state index is -0.542. The first kappa shape index (κ1) is 19.5. The molecule has 2 aromatic carbocycles. The van der Waals surface area contributed by atoms with E-state index in [4.69, 9.17) is 4.42 Å². The molecule has 0 aliphatic heterocycles. The van der Waals surface area contributed by atoms with Gasteiger partial charge in [0.05, 0.1) is 6.54 Å². The Morgan fingerprint density at radius 2 is 1.79 bits per heavy atom. The maximum absolute atomic E-state index is 13.7. The molecule has 0 bridgehead atoms. The molecule has 2 N–H and O–H groups in total. The molecule has 0 amide bonds. The number of halogens is 2. The molecule has 0 fully saturated rings. The third-order valence-corrected chi connectivity index (χ3v) is 4.05. The summed E-state index contributed by atoms with van der Waals surface area (Å²) in [5.41, 5.74) is 1.65. The van der Waals surface area contributed by atoms with Crippen molar-refractivity contribution in [3.05, 3.63) is 77.7 Å². The maximum atomic E-state index is 13.7. The first-order valence-corrected chi connectivity index (χ1v) is 9.12. The second-order valence-corrected chi connectivity index (χ2v) is 6.08. The lowest BCUT2D eigenvalue weighted by atomic mass is 10.1. The first-order chi connectivity index (χ1) is 13.7. The highest BCUT2D eigenvalue weighted by atomic mass is 19.1. The van der Waals surface area contributed by atoms with E-state index >= 15 is 0 Å². The Kier molecular flexibility index (Phi) is 6.73. The van der Waals surface area contributed by atoms with Crippen molar-refractivity contribution in [3.63, 3.8) is 0 Å². The highest BCUT2D eigenvalue weighted by Crippen LogP contribution is 2.18. The van der Waals surface area contributed by atoms with Crippen molar-refractivity contribution in [2.75, 3.05) is 13.1 Å². The molecule has 28 heavy (non-hydrogen) atoms. The van der Waals surface area contributed by atoms with E-state index in [-0.39, 0.29) is 12.0 Å². The van der Waals surface area contributed by atoms with Crippen molar-refractivity contribution in [2.45, 2.75) is 19.9 Å². The topological polar surface area (TPSA) is 62.5 Å². The molecule has 0 aliphatic carbocycles. The molecule has 7 heteroatoms. The predicted octanol–water partition coefficient (Wildman–Crippen LogP) is 3.92. The van der Waals surface area contributed by atoms with Crippen molar-refractivity contribution in [1.82, 2.24) is 15.6 Å². The summed E-state index contributed by atoms with van der Waals surface area (Å²) in [5, 5.41) is 6.18. The zero-order chi connectivity index (χ0) is 19.8. The van der Waals surface area contributed by atoms with Crippen LogP contribution in [0.3, 0.4) is 0 Å². The van der Waals surface area contributed by atoms with Crippen LogP contribution in [0.4, 0.5) is 8.78 Å². The van der Waals surface area contributed by atoms with E-state index in [1.165, 1.54) is 18.2 Å². The van der Waals surface area contributed by atoms with Gasteiger partial charge in [-0.15, -0.1) is 0 Å². The maximum Gasteiger partial charge on any atom is 0.226 e. The molecule has 0 radical (unpaired) electrons. The van der Waals surface area contributed by atoms with Crippen LogP contribution in [0.1, 0.15) is 18.2 Å². The van der Waals surface area contributed by atoms with Gasteiger partial charge in [0, 0.05) is 24.2 Å². The van der Waals surface area contributed by atoms with Crippen LogP contribution >= 0.6 is 0 Å². The minimum absolute atomic E-state index is 0.0647. The number of nitrogens with one attached hydrogen (secondary N) is 2. The monoisotopic (exact) mass is 384 g/mol. The lowest BCUT2D eigenvalue weighted by Crippen LogP contribution is -2.38. The number of hydrogen-bond donors (Lipinski definition) is 2. The van der Waals surface area contributed by atoms with Gasteiger partial charge in [0.15, 0.2) is 5.96 Å². The van der Waals surface area contributed by atoms with Gasteiger partial charge in [-0.1, -0.05) is 24.3 Å². The fourth-order valence-corrected chi connectivity index (χ4v) is 2.67. The Hall–Kier alpha value is -3.22. The normalized spacial score (nSPS) is 11.5. The molecule has 3 aromatic rings. The van der Waals surface area contributed by atoms with E-state index in [0.29, 0.717) is 37.2 Å². The molecular formula is C21H22F2N4O. The molecule has 0 saturated heterocycles. The summed E-state index contributed by atoms with van der Waals surface area (Å²) in [6.45, 7) is 3.27. The van der Waals surface area contributed by atoms with Gasteiger partial charge in [0.1, 0.15) is 23.6 Å². The van der Waals surface area contributed by atoms with E-state index in [1.54, 1.807) is 6.26 Å². The van der Waals surface area contributed by atoms with Crippen LogP contribution < -0.4 is 10.6 Å². The molecule has 1 aromatic heterocycles. The molecular weight excluding hydrogens is 362 g/mol. The largest absolute Gasteiger partial charge is 0.444 e. The molecule has 1 heterocycles. The number of aliphatic imine (C=N–C) groups is 1. The molecule has 0 atom stereocenters. The standard InChI is InChI=1S/C21H22F2N4O/c1-2-24-21(25-12-11-17-18(22)9-6-10-19(17)23)26-13-16-14-28-20(27-16)15-7-4-3-5-8-15/h3-10,14H,2,11-13H2,1H3,(H2,24,25,26). The number of benzene rings is 2. The average Bonchev–Trinajstić information content (AvgIpc) is 3.18. The van der Waals surface area contributed by atoms with Crippen LogP contribution in [-0.4, -0.2) is 24.0 Å². The quantitative estimate of drug-likeness (QED) is 0.479. The van der Waals surface area contributed by atoms with E-state index in [1.807, 2.05) is 37.3 Å². The third-order valence-electron chi connectivity index (χ3n) is 4.05. The van der Waals surface area contributed by atoms with Crippen LogP contribution in [0.5, 0.6) is 0 Å². The van der Waals surface area contributed by atoms with Crippen molar-refractivity contribution < 1.29 is 13.2 Å². The van der Waals surface area contributed by atoms with Crippen molar-refractivity contribution in [3.8, 4) is 11.5 Å². The summed E-state index contributed by atoms with van der Waals surface area (Å²) in [6.07, 6.45) is 1.79. The van der Waals surface area contributed by atoms with E-state index in [2.05, 4.69) is 20.6 Å². The minimum Gasteiger partial charge on any atom is -0.444 e. The van der Waals surface area contributed by atoms with Gasteiger partial charge in [0.25, 0.3) is 0 Å². The lowest BCUT2D eigenvalue weighted by molar-refractivity contribution is 0.553. The number of hydrogen-bond acceptors (Lipinski definition) is 3. The van der Waals surface area contributed by atoms with Crippen LogP contribution in [0.25, 0.3) is 11.5 Å².